The summed E-state index contributed by atoms with van der Waals surface area (Å²) in [4.78, 5) is 11.4. The zero-order valence-corrected chi connectivity index (χ0v) is 34.6. The number of aliphatic hydroxyl groups excluding tert-OH is 3. The monoisotopic (exact) mass is 798 g/mol. The van der Waals surface area contributed by atoms with Crippen molar-refractivity contribution in [3.05, 3.63) is 0 Å². The topological polar surface area (TPSA) is 146 Å². The second kappa shape index (κ2) is 43.3. The number of likely N-dealkylation sites (N-methyl/N-ethyl adjacent to an activating group) is 1. The molecule has 3 saturated carbocycles. The van der Waals surface area contributed by atoms with Crippen LogP contribution in [0.2, 0.25) is 0 Å². The van der Waals surface area contributed by atoms with Crippen molar-refractivity contribution >= 4 is 87.1 Å². The summed E-state index contributed by atoms with van der Waals surface area (Å²) in [5.41, 5.74) is 5.05. The third-order valence-electron chi connectivity index (χ3n) is 7.14. The van der Waals surface area contributed by atoms with Crippen LogP contribution in [0.3, 0.4) is 0 Å². The summed E-state index contributed by atoms with van der Waals surface area (Å²) < 4.78 is 16.3. The van der Waals surface area contributed by atoms with Crippen LogP contribution < -0.4 is 16.4 Å². The van der Waals surface area contributed by atoms with Gasteiger partial charge in [0.05, 0.1) is 24.4 Å². The van der Waals surface area contributed by atoms with Gasteiger partial charge in [-0.1, -0.05) is 67.2 Å². The van der Waals surface area contributed by atoms with Crippen molar-refractivity contribution in [1.82, 2.24) is 10.6 Å². The molecule has 6 atom stereocenters. The molecule has 0 radical (unpaired) electrons. The molecule has 0 spiro atoms. The third kappa shape index (κ3) is 38.2. The largest absolute Gasteiger partial charge is 0.444 e. The van der Waals surface area contributed by atoms with Crippen LogP contribution in [-0.2, 0) is 9.47 Å². The maximum Gasteiger partial charge on any atom is 0.407 e. The van der Waals surface area contributed by atoms with Gasteiger partial charge in [0, 0.05) is 26.7 Å². The zero-order chi connectivity index (χ0) is 30.4. The average Bonchev–Trinajstić information content (AvgIpc) is 3.48. The third-order valence-corrected chi connectivity index (χ3v) is 7.14. The van der Waals surface area contributed by atoms with E-state index in [1.54, 1.807) is 6.92 Å². The van der Waals surface area contributed by atoms with Gasteiger partial charge in [-0.15, -0.1) is 0 Å². The van der Waals surface area contributed by atoms with Crippen LogP contribution >= 0.6 is 81.0 Å². The van der Waals surface area contributed by atoms with Crippen LogP contribution in [0.1, 0.15) is 141 Å². The molecule has 15 heteroatoms. The first-order valence-corrected chi connectivity index (χ1v) is 15.3. The summed E-state index contributed by atoms with van der Waals surface area (Å²) in [6.07, 6.45) is 13.9. The summed E-state index contributed by atoms with van der Waals surface area (Å²) in [7, 11) is 1.92. The van der Waals surface area contributed by atoms with E-state index >= 15 is 0 Å². The quantitative estimate of drug-likeness (QED) is 0.190. The Labute approximate surface area is 334 Å². The Morgan fingerprint density at radius 2 is 1.09 bits per heavy atom. The molecule has 1 saturated heterocycles. The average molecular weight is 799 g/mol. The molecule has 0 bridgehead atoms. The maximum atomic E-state index is 11.4. The van der Waals surface area contributed by atoms with Gasteiger partial charge < -0.3 is 41.2 Å². The lowest BCUT2D eigenvalue weighted by atomic mass is 9.93. The van der Waals surface area contributed by atoms with E-state index in [9.17, 15) is 15.0 Å². The van der Waals surface area contributed by atoms with Gasteiger partial charge in [-0.25, -0.2) is 4.79 Å². The summed E-state index contributed by atoms with van der Waals surface area (Å²) >= 11 is 0. The summed E-state index contributed by atoms with van der Waals surface area (Å²) in [5.74, 6) is 0. The van der Waals surface area contributed by atoms with E-state index in [0.29, 0.717) is 12.9 Å². The van der Waals surface area contributed by atoms with E-state index in [2.05, 4.69) is 10.6 Å². The van der Waals surface area contributed by atoms with E-state index in [4.69, 9.17) is 21.7 Å². The minimum absolute atomic E-state index is 0. The fraction of sp³-hybridized carbons (Fsp3) is 0.969. The molecule has 1 amide bonds. The Balaban J connectivity index is -0.0000000583. The molecule has 47 heavy (non-hydrogen) atoms. The smallest absolute Gasteiger partial charge is 0.407 e. The first-order chi connectivity index (χ1) is 18.9. The van der Waals surface area contributed by atoms with Crippen LogP contribution in [0.15, 0.2) is 0 Å². The summed E-state index contributed by atoms with van der Waals surface area (Å²) in [6, 6.07) is 0.274. The highest BCUT2D eigenvalue weighted by Gasteiger charge is 2.26. The van der Waals surface area contributed by atoms with E-state index in [1.165, 1.54) is 32.1 Å². The van der Waals surface area contributed by atoms with Crippen molar-refractivity contribution < 1.29 is 31.0 Å². The molecular formula is C32H83N3O6S6. The van der Waals surface area contributed by atoms with Gasteiger partial charge in [-0.3, -0.25) is 0 Å². The van der Waals surface area contributed by atoms with Gasteiger partial charge in [0.1, 0.15) is 5.60 Å². The molecule has 7 N–H and O–H groups in total. The molecule has 0 aromatic heterocycles. The second-order valence-electron chi connectivity index (χ2n) is 11.7. The number of alkyl carbamates (subject to hydrolysis) is 1. The predicted octanol–water partition coefficient (Wildman–Crippen LogP) is 6.34. The standard InChI is InChI=1S/C11H21NO3.C7H15NO.C6H13NO.C4H8O.C2H6.2CH4.6H2S/c1-11(2,3)15-10(14)12-8-6-4-5-7-9(8)13;1-8-6-4-2-3-5-7(6)9;7-5-3-1-2-4-6(5)8;1-2-4-5-3-1;1-2;;;;;;;;/h8-9,13H,4-7H2,1-3H3,(H,12,14);6-9H,2-5H2,1H3;5-6,8H,1-4,7H2;1-4H2;1-2H3;2*1H4;6*1H2/t8-,9-;6-,7-;5-,6-;;;;;;;;;;/m000........../s1/i;;;;1D;;;;;;;;. The molecule has 0 unspecified atom stereocenters. The van der Waals surface area contributed by atoms with Gasteiger partial charge in [0.2, 0.25) is 0 Å². The zero-order valence-electron chi connectivity index (χ0n) is 29.6. The number of amides is 1. The minimum atomic E-state index is -0.482. The van der Waals surface area contributed by atoms with E-state index in [1.807, 2.05) is 27.8 Å². The second-order valence-corrected chi connectivity index (χ2v) is 11.7. The number of hydrogen-bond donors (Lipinski definition) is 6. The molecule has 298 valence electrons. The Hall–Kier alpha value is 1.13. The van der Waals surface area contributed by atoms with Crippen molar-refractivity contribution in [2.24, 2.45) is 5.73 Å². The first-order valence-electron chi connectivity index (χ1n) is 16.0. The van der Waals surface area contributed by atoms with Crippen molar-refractivity contribution in [2.75, 3.05) is 20.3 Å². The molecule has 4 rings (SSSR count). The highest BCUT2D eigenvalue weighted by Crippen LogP contribution is 2.19. The number of carbonyl (C=O) groups is 1. The van der Waals surface area contributed by atoms with Crippen molar-refractivity contribution in [3.8, 4) is 0 Å². The lowest BCUT2D eigenvalue weighted by Gasteiger charge is -2.29. The number of rotatable bonds is 2. The van der Waals surface area contributed by atoms with Crippen molar-refractivity contribution in [3.63, 3.8) is 0 Å². The normalized spacial score (nSPS) is 25.4. The van der Waals surface area contributed by atoms with Crippen LogP contribution in [0.25, 0.3) is 0 Å². The molecule has 4 aliphatic rings. The van der Waals surface area contributed by atoms with Crippen LogP contribution in [0.4, 0.5) is 4.79 Å². The van der Waals surface area contributed by atoms with Gasteiger partial charge in [0.15, 0.2) is 0 Å². The fourth-order valence-electron chi connectivity index (χ4n) is 4.84. The number of nitrogens with one attached hydrogen (secondary N) is 2. The number of aliphatic hydroxyl groups is 3. The number of ether oxygens (including phenoxy) is 2. The van der Waals surface area contributed by atoms with E-state index < -0.39 is 17.8 Å². The van der Waals surface area contributed by atoms with Crippen LogP contribution in [0.5, 0.6) is 0 Å². The molecule has 1 heterocycles. The Morgan fingerprint density at radius 1 is 0.723 bits per heavy atom. The molecular weight excluding hydrogens is 715 g/mol. The van der Waals surface area contributed by atoms with Crippen molar-refractivity contribution in [1.29, 1.82) is 0 Å². The number of carbonyl (C=O) groups excluding carboxylic acids is 1. The number of hydrogen-bond acceptors (Lipinski definition) is 8. The van der Waals surface area contributed by atoms with Crippen molar-refractivity contribution in [2.45, 2.75) is 181 Å². The molecule has 1 aliphatic heterocycles. The first kappa shape index (κ1) is 66.4. The lowest BCUT2D eigenvalue weighted by molar-refractivity contribution is 0.0363. The van der Waals surface area contributed by atoms with Crippen LogP contribution in [0, 0.1) is 0 Å². The molecule has 9 nitrogen and oxygen atoms in total. The molecule has 3 aliphatic carbocycles. The van der Waals surface area contributed by atoms with Gasteiger partial charge in [0.25, 0.3) is 0 Å². The predicted molar refractivity (Wildman–Crippen MR) is 235 cm³/mol. The minimum Gasteiger partial charge on any atom is -0.444 e. The van der Waals surface area contributed by atoms with Crippen LogP contribution in [-0.4, -0.2) is 83.7 Å². The number of nitrogens with two attached hydrogens (primary N) is 1. The van der Waals surface area contributed by atoms with E-state index in [-0.39, 0.29) is 120 Å². The van der Waals surface area contributed by atoms with Gasteiger partial charge in [-0.2, -0.15) is 81.0 Å². The molecule has 0 aromatic carbocycles. The Kier molecular flexibility index (Phi) is 61.2. The van der Waals surface area contributed by atoms with Gasteiger partial charge in [-0.05, 0) is 79.2 Å². The highest BCUT2D eigenvalue weighted by atomic mass is 32.1. The van der Waals surface area contributed by atoms with E-state index in [0.717, 1.165) is 71.0 Å². The van der Waals surface area contributed by atoms with Gasteiger partial charge >= 0.3 is 6.09 Å². The summed E-state index contributed by atoms with van der Waals surface area (Å²) in [5, 5.41) is 33.8. The Morgan fingerprint density at radius 3 is 1.34 bits per heavy atom. The highest BCUT2D eigenvalue weighted by molar-refractivity contribution is 7.60. The molecule has 0 aromatic rings. The summed E-state index contributed by atoms with van der Waals surface area (Å²) in [6.45, 7) is 9.76. The SMILES string of the molecule is C.C.C1CCOC1.CC(C)(C)OC(=O)N[C@H]1CCCC[C@@H]1O.CN[C@H]1CCCC[C@@H]1O.N[C@H]1CCCC[C@@H]1O.S.S.S.S.S.S.[2H]CC. The maximum absolute atomic E-state index is 11.4. The molecule has 4 fully saturated rings. The lowest BCUT2D eigenvalue weighted by Crippen LogP contribution is -2.46. The Bertz CT molecular complexity index is 616. The fourth-order valence-corrected chi connectivity index (χ4v) is 4.84.